The van der Waals surface area contributed by atoms with Crippen LogP contribution in [0.2, 0.25) is 0 Å². The Morgan fingerprint density at radius 3 is 1.02 bits per heavy atom. The van der Waals surface area contributed by atoms with E-state index < -0.39 is 12.1 Å². The highest BCUT2D eigenvalue weighted by Crippen LogP contribution is 2.16. The van der Waals surface area contributed by atoms with E-state index in [1.54, 1.807) is 6.08 Å². The quantitative estimate of drug-likeness (QED) is 0.0421. The predicted molar refractivity (Wildman–Crippen MR) is 290 cm³/mol. The molecule has 2 atom stereocenters. The average Bonchev–Trinajstić information content (AvgIpc) is 3.31. The fraction of sp³-hybridized carbons (Fsp3) is 0.721. The Morgan fingerprint density at radius 1 is 0.385 bits per heavy atom. The van der Waals surface area contributed by atoms with Crippen LogP contribution in [0.25, 0.3) is 0 Å². The standard InChI is InChI=1S/C61H107NO3/c1-3-5-7-9-11-13-15-17-19-21-23-25-27-29-30-31-32-33-35-37-39-41-43-45-47-49-51-53-55-57-61(65)62-59(58-63)60(64)56-54-52-50-48-46-44-42-40-38-36-34-28-26-24-22-20-18-16-14-12-10-8-6-4-2/h5,7,11,13,17,19,23,25,29-30,32-33,37,39,54,56,59-60,63-64H,3-4,6,8-10,12,14-16,18,20-22,24,26-28,31,34-36,38,40-53,55,57-58H2,1-2H3,(H,62,65)/b7-5-,13-11-,19-17-,25-23-,30-29-,33-32-,39-37-,56-54+. The number of unbranched alkanes of at least 4 members (excludes halogenated alkanes) is 29. The number of amides is 1. The van der Waals surface area contributed by atoms with Crippen LogP contribution in [-0.4, -0.2) is 34.9 Å². The van der Waals surface area contributed by atoms with Gasteiger partial charge in [0.15, 0.2) is 0 Å². The molecular weight excluding hydrogens is 795 g/mol. The van der Waals surface area contributed by atoms with E-state index in [0.717, 1.165) is 83.5 Å². The number of carbonyl (C=O) groups is 1. The van der Waals surface area contributed by atoms with Crippen LogP contribution in [0.15, 0.2) is 97.2 Å². The molecule has 0 fully saturated rings. The van der Waals surface area contributed by atoms with Gasteiger partial charge in [-0.25, -0.2) is 0 Å². The molecule has 4 nitrogen and oxygen atoms in total. The zero-order chi connectivity index (χ0) is 47.0. The highest BCUT2D eigenvalue weighted by Gasteiger charge is 2.18. The van der Waals surface area contributed by atoms with Crippen molar-refractivity contribution in [2.75, 3.05) is 6.61 Å². The third-order valence-electron chi connectivity index (χ3n) is 12.3. The molecule has 0 rings (SSSR count). The summed E-state index contributed by atoms with van der Waals surface area (Å²) in [6.45, 7) is 4.20. The van der Waals surface area contributed by atoms with E-state index in [2.05, 4.69) is 104 Å². The normalized spacial score (nSPS) is 13.6. The zero-order valence-electron chi connectivity index (χ0n) is 43.0. The Bertz CT molecular complexity index is 1210. The topological polar surface area (TPSA) is 69.6 Å². The molecule has 0 spiro atoms. The maximum Gasteiger partial charge on any atom is 0.220 e. The SMILES string of the molecule is CC/C=C\C/C=C\C/C=C\C/C=C\C/C=C\C/C=C\C/C=C\CCCCCCCCCC(=O)NC(CO)C(O)/C=C/CCCCCCCCCCCCCCCCCCCCCCCC. The van der Waals surface area contributed by atoms with Gasteiger partial charge in [-0.1, -0.05) is 278 Å². The highest BCUT2D eigenvalue weighted by atomic mass is 16.3. The van der Waals surface area contributed by atoms with Crippen molar-refractivity contribution in [3.8, 4) is 0 Å². The van der Waals surface area contributed by atoms with Crippen molar-refractivity contribution in [2.24, 2.45) is 0 Å². The van der Waals surface area contributed by atoms with Crippen LogP contribution < -0.4 is 5.32 Å². The third-order valence-corrected chi connectivity index (χ3v) is 12.3. The Balaban J connectivity index is 3.59. The summed E-state index contributed by atoms with van der Waals surface area (Å²) in [6, 6.07) is -0.636. The molecule has 0 aromatic heterocycles. The third kappa shape index (κ3) is 52.1. The van der Waals surface area contributed by atoms with Gasteiger partial charge in [0.1, 0.15) is 0 Å². The second kappa shape index (κ2) is 55.6. The van der Waals surface area contributed by atoms with Gasteiger partial charge < -0.3 is 15.5 Å². The van der Waals surface area contributed by atoms with Crippen LogP contribution in [0.4, 0.5) is 0 Å². The predicted octanol–water partition coefficient (Wildman–Crippen LogP) is 18.5. The van der Waals surface area contributed by atoms with Crippen LogP contribution >= 0.6 is 0 Å². The van der Waals surface area contributed by atoms with Gasteiger partial charge in [0.25, 0.3) is 0 Å². The van der Waals surface area contributed by atoms with E-state index in [4.69, 9.17) is 0 Å². The fourth-order valence-corrected chi connectivity index (χ4v) is 8.10. The number of rotatable bonds is 50. The molecule has 1 amide bonds. The van der Waals surface area contributed by atoms with Crippen molar-refractivity contribution < 1.29 is 15.0 Å². The van der Waals surface area contributed by atoms with Gasteiger partial charge in [-0.2, -0.15) is 0 Å². The number of nitrogens with one attached hydrogen (secondary N) is 1. The monoisotopic (exact) mass is 902 g/mol. The van der Waals surface area contributed by atoms with Gasteiger partial charge in [-0.15, -0.1) is 0 Å². The lowest BCUT2D eigenvalue weighted by atomic mass is 10.0. The van der Waals surface area contributed by atoms with Crippen molar-refractivity contribution in [3.63, 3.8) is 0 Å². The number of aliphatic hydroxyl groups is 2. The zero-order valence-corrected chi connectivity index (χ0v) is 43.0. The van der Waals surface area contributed by atoms with Crippen molar-refractivity contribution in [1.29, 1.82) is 0 Å². The van der Waals surface area contributed by atoms with Crippen LogP contribution in [0, 0.1) is 0 Å². The van der Waals surface area contributed by atoms with Crippen molar-refractivity contribution in [3.05, 3.63) is 97.2 Å². The van der Waals surface area contributed by atoms with E-state index in [1.165, 1.54) is 161 Å². The molecule has 0 saturated carbocycles. The second-order valence-corrected chi connectivity index (χ2v) is 18.6. The van der Waals surface area contributed by atoms with E-state index in [9.17, 15) is 15.0 Å². The first-order chi connectivity index (χ1) is 32.2. The molecule has 0 aromatic rings. The number of hydrogen-bond donors (Lipinski definition) is 3. The Hall–Kier alpha value is -2.69. The van der Waals surface area contributed by atoms with Crippen LogP contribution in [0.1, 0.15) is 264 Å². The molecular formula is C61H107NO3. The molecule has 0 heterocycles. The Kier molecular flexibility index (Phi) is 53.3. The molecule has 4 heteroatoms. The lowest BCUT2D eigenvalue weighted by Crippen LogP contribution is -2.45. The van der Waals surface area contributed by atoms with E-state index in [1.807, 2.05) is 6.08 Å². The summed E-state index contributed by atoms with van der Waals surface area (Å²) in [6.07, 6.45) is 82.7. The molecule has 374 valence electrons. The van der Waals surface area contributed by atoms with Gasteiger partial charge >= 0.3 is 0 Å². The molecule has 3 N–H and O–H groups in total. The molecule has 65 heavy (non-hydrogen) atoms. The summed E-state index contributed by atoms with van der Waals surface area (Å²) < 4.78 is 0. The number of hydrogen-bond acceptors (Lipinski definition) is 3. The minimum atomic E-state index is -0.852. The van der Waals surface area contributed by atoms with Gasteiger partial charge in [0, 0.05) is 6.42 Å². The first-order valence-electron chi connectivity index (χ1n) is 28.0. The van der Waals surface area contributed by atoms with Gasteiger partial charge in [0.2, 0.25) is 5.91 Å². The summed E-state index contributed by atoms with van der Waals surface area (Å²) >= 11 is 0. The largest absolute Gasteiger partial charge is 0.394 e. The van der Waals surface area contributed by atoms with E-state index >= 15 is 0 Å². The van der Waals surface area contributed by atoms with Crippen molar-refractivity contribution in [1.82, 2.24) is 5.32 Å². The highest BCUT2D eigenvalue weighted by molar-refractivity contribution is 5.76. The smallest absolute Gasteiger partial charge is 0.220 e. The number of aliphatic hydroxyl groups excluding tert-OH is 2. The van der Waals surface area contributed by atoms with Crippen molar-refractivity contribution in [2.45, 2.75) is 276 Å². The average molecular weight is 903 g/mol. The minimum Gasteiger partial charge on any atom is -0.394 e. The first kappa shape index (κ1) is 62.3. The minimum absolute atomic E-state index is 0.0770. The molecule has 0 bridgehead atoms. The second-order valence-electron chi connectivity index (χ2n) is 18.6. The van der Waals surface area contributed by atoms with Gasteiger partial charge in [-0.3, -0.25) is 4.79 Å². The van der Waals surface area contributed by atoms with Gasteiger partial charge in [-0.05, 0) is 77.0 Å². The van der Waals surface area contributed by atoms with E-state index in [-0.39, 0.29) is 12.5 Å². The molecule has 0 aliphatic carbocycles. The first-order valence-corrected chi connectivity index (χ1v) is 28.0. The lowest BCUT2D eigenvalue weighted by molar-refractivity contribution is -0.123. The fourth-order valence-electron chi connectivity index (χ4n) is 8.10. The van der Waals surface area contributed by atoms with Crippen LogP contribution in [0.3, 0.4) is 0 Å². The van der Waals surface area contributed by atoms with E-state index in [0.29, 0.717) is 6.42 Å². The lowest BCUT2D eigenvalue weighted by Gasteiger charge is -2.20. The molecule has 0 radical (unpaired) electrons. The number of allylic oxidation sites excluding steroid dienone is 15. The summed E-state index contributed by atoms with van der Waals surface area (Å²) in [7, 11) is 0. The Labute approximate surface area is 404 Å². The van der Waals surface area contributed by atoms with Crippen LogP contribution in [-0.2, 0) is 4.79 Å². The Morgan fingerprint density at radius 2 is 0.677 bits per heavy atom. The molecule has 0 aromatic carbocycles. The molecule has 2 unspecified atom stereocenters. The molecule has 0 aliphatic rings. The molecule has 0 saturated heterocycles. The summed E-state index contributed by atoms with van der Waals surface area (Å²) in [4.78, 5) is 12.5. The number of carbonyl (C=O) groups excluding carboxylic acids is 1. The maximum absolute atomic E-state index is 12.5. The van der Waals surface area contributed by atoms with Gasteiger partial charge in [0.05, 0.1) is 18.8 Å². The summed E-state index contributed by atoms with van der Waals surface area (Å²) in [5.41, 5.74) is 0. The van der Waals surface area contributed by atoms with Crippen molar-refractivity contribution >= 4 is 5.91 Å². The van der Waals surface area contributed by atoms with Crippen LogP contribution in [0.5, 0.6) is 0 Å². The summed E-state index contributed by atoms with van der Waals surface area (Å²) in [5.74, 6) is -0.0770. The maximum atomic E-state index is 12.5. The molecule has 0 aliphatic heterocycles. The summed E-state index contributed by atoms with van der Waals surface area (Å²) in [5, 5.41) is 23.2.